The molecule has 0 saturated carbocycles. The van der Waals surface area contributed by atoms with Crippen molar-refractivity contribution in [3.8, 4) is 0 Å². The highest BCUT2D eigenvalue weighted by molar-refractivity contribution is 5.99. The van der Waals surface area contributed by atoms with Crippen LogP contribution in [0.3, 0.4) is 0 Å². The minimum Gasteiger partial charge on any atom is -0.451 e. The van der Waals surface area contributed by atoms with Gasteiger partial charge in [0.2, 0.25) is 5.91 Å². The van der Waals surface area contributed by atoms with Gasteiger partial charge in [-0.2, -0.15) is 0 Å². The molecule has 0 atom stereocenters. The highest BCUT2D eigenvalue weighted by Gasteiger charge is 2.15. The van der Waals surface area contributed by atoms with Gasteiger partial charge in [0.1, 0.15) is 11.5 Å². The van der Waals surface area contributed by atoms with Crippen LogP contribution in [0, 0.1) is 5.82 Å². The van der Waals surface area contributed by atoms with E-state index < -0.39 is 30.2 Å². The lowest BCUT2D eigenvalue weighted by molar-refractivity contribution is -0.144. The molecule has 0 bridgehead atoms. The van der Waals surface area contributed by atoms with E-state index in [4.69, 9.17) is 4.74 Å². The van der Waals surface area contributed by atoms with E-state index in [1.807, 2.05) is 6.07 Å². The quantitative estimate of drug-likeness (QED) is 0.615. The van der Waals surface area contributed by atoms with Gasteiger partial charge in [-0.15, -0.1) is 0 Å². The van der Waals surface area contributed by atoms with E-state index in [1.165, 1.54) is 31.2 Å². The van der Waals surface area contributed by atoms with Gasteiger partial charge < -0.3 is 15.4 Å². The van der Waals surface area contributed by atoms with Crippen LogP contribution in [-0.4, -0.2) is 24.4 Å². The first kappa shape index (κ1) is 18.9. The molecule has 6 nitrogen and oxygen atoms in total. The molecule has 0 aliphatic rings. The number of anilines is 1. The number of ether oxygens (including phenoxy) is 1. The van der Waals surface area contributed by atoms with Gasteiger partial charge in [-0.1, -0.05) is 36.4 Å². The van der Waals surface area contributed by atoms with Crippen molar-refractivity contribution in [3.05, 3.63) is 71.7 Å². The summed E-state index contributed by atoms with van der Waals surface area (Å²) in [5.41, 5.74) is 0.827. The van der Waals surface area contributed by atoms with Gasteiger partial charge in [0.15, 0.2) is 6.61 Å². The fraction of sp³-hybridized carbons (Fsp3) is 0.105. The molecule has 2 aromatic carbocycles. The fourth-order valence-corrected chi connectivity index (χ4v) is 2.02. The minimum absolute atomic E-state index is 0.0951. The average Bonchev–Trinajstić information content (AvgIpc) is 2.59. The second-order valence-corrected chi connectivity index (χ2v) is 5.28. The Bertz CT molecular complexity index is 834. The lowest BCUT2D eigenvalue weighted by Gasteiger charge is -2.09. The van der Waals surface area contributed by atoms with Crippen molar-refractivity contribution in [2.45, 2.75) is 6.92 Å². The molecular formula is C19H17FN2O4. The van der Waals surface area contributed by atoms with Crippen LogP contribution >= 0.6 is 0 Å². The summed E-state index contributed by atoms with van der Waals surface area (Å²) in [6.07, 6.45) is 1.44. The van der Waals surface area contributed by atoms with Crippen LogP contribution in [0.15, 0.2) is 60.3 Å². The molecule has 2 N–H and O–H groups in total. The maximum atomic E-state index is 13.1. The van der Waals surface area contributed by atoms with Gasteiger partial charge in [-0.3, -0.25) is 9.59 Å². The largest absolute Gasteiger partial charge is 0.451 e. The summed E-state index contributed by atoms with van der Waals surface area (Å²) < 4.78 is 18.0. The summed E-state index contributed by atoms with van der Waals surface area (Å²) in [5.74, 6) is -2.45. The summed E-state index contributed by atoms with van der Waals surface area (Å²) >= 11 is 0. The third-order valence-electron chi connectivity index (χ3n) is 3.08. The monoisotopic (exact) mass is 356 g/mol. The highest BCUT2D eigenvalue weighted by Crippen LogP contribution is 2.09. The van der Waals surface area contributed by atoms with Crippen molar-refractivity contribution < 1.29 is 23.5 Å². The lowest BCUT2D eigenvalue weighted by Crippen LogP contribution is -2.28. The molecule has 0 saturated heterocycles. The van der Waals surface area contributed by atoms with E-state index in [1.54, 1.807) is 24.3 Å². The average molecular weight is 356 g/mol. The maximum Gasteiger partial charge on any atom is 0.355 e. The van der Waals surface area contributed by atoms with Crippen molar-refractivity contribution in [1.29, 1.82) is 0 Å². The number of carbonyl (C=O) groups is 3. The number of nitrogens with one attached hydrogen (secondary N) is 2. The van der Waals surface area contributed by atoms with E-state index in [9.17, 15) is 18.8 Å². The zero-order valence-corrected chi connectivity index (χ0v) is 14.0. The van der Waals surface area contributed by atoms with Crippen LogP contribution in [0.5, 0.6) is 0 Å². The molecule has 0 unspecified atom stereocenters. The number of hydrogen-bond acceptors (Lipinski definition) is 4. The molecule has 0 heterocycles. The molecule has 134 valence electrons. The molecule has 0 fully saturated rings. The van der Waals surface area contributed by atoms with Crippen LogP contribution in [0.2, 0.25) is 0 Å². The predicted molar refractivity (Wildman–Crippen MR) is 94.2 cm³/mol. The summed E-state index contributed by atoms with van der Waals surface area (Å²) in [4.78, 5) is 35.2. The Balaban J connectivity index is 1.99. The van der Waals surface area contributed by atoms with Crippen LogP contribution in [-0.2, 0) is 19.1 Å². The zero-order chi connectivity index (χ0) is 18.9. The molecule has 2 amide bonds. The first-order valence-corrected chi connectivity index (χ1v) is 7.71. The molecule has 2 rings (SSSR count). The number of benzene rings is 2. The number of halogens is 1. The van der Waals surface area contributed by atoms with Crippen LogP contribution in [0.25, 0.3) is 6.08 Å². The van der Waals surface area contributed by atoms with Crippen molar-refractivity contribution in [2.75, 3.05) is 11.9 Å². The number of rotatable bonds is 6. The Morgan fingerprint density at radius 3 is 2.46 bits per heavy atom. The molecule has 0 aromatic heterocycles. The molecule has 2 aromatic rings. The Kier molecular flexibility index (Phi) is 6.61. The smallest absolute Gasteiger partial charge is 0.355 e. The van der Waals surface area contributed by atoms with E-state index in [2.05, 4.69) is 10.6 Å². The van der Waals surface area contributed by atoms with Gasteiger partial charge in [-0.05, 0) is 29.8 Å². The standard InChI is InChI=1S/C19H17FN2O4/c1-13(23)21-17(10-14-6-3-2-4-7-14)19(25)26-12-18(24)22-16-9-5-8-15(20)11-16/h2-11H,12H2,1H3,(H,21,23)(H,22,24)/b17-10+. The maximum absolute atomic E-state index is 13.1. The van der Waals surface area contributed by atoms with E-state index in [-0.39, 0.29) is 11.4 Å². The van der Waals surface area contributed by atoms with Crippen molar-refractivity contribution >= 4 is 29.5 Å². The van der Waals surface area contributed by atoms with Crippen LogP contribution in [0.4, 0.5) is 10.1 Å². The highest BCUT2D eigenvalue weighted by atomic mass is 19.1. The third-order valence-corrected chi connectivity index (χ3v) is 3.08. The molecule has 0 aliphatic carbocycles. The molecule has 7 heteroatoms. The summed E-state index contributed by atoms with van der Waals surface area (Å²) in [6, 6.07) is 14.2. The van der Waals surface area contributed by atoms with Gasteiger partial charge >= 0.3 is 5.97 Å². The number of esters is 1. The Hall–Kier alpha value is -3.48. The number of amides is 2. The fourth-order valence-electron chi connectivity index (χ4n) is 2.02. The van der Waals surface area contributed by atoms with Gasteiger partial charge in [0.05, 0.1) is 0 Å². The van der Waals surface area contributed by atoms with Crippen LogP contribution < -0.4 is 10.6 Å². The summed E-state index contributed by atoms with van der Waals surface area (Å²) in [5, 5.41) is 4.78. The molecule has 0 aliphatic heterocycles. The van der Waals surface area contributed by atoms with Crippen LogP contribution in [0.1, 0.15) is 12.5 Å². The summed E-state index contributed by atoms with van der Waals surface area (Å²) in [6.45, 7) is 0.670. The number of hydrogen-bond donors (Lipinski definition) is 2. The predicted octanol–water partition coefficient (Wildman–Crippen LogP) is 2.48. The molecule has 0 spiro atoms. The second-order valence-electron chi connectivity index (χ2n) is 5.28. The second kappa shape index (κ2) is 9.12. The SMILES string of the molecule is CC(=O)N/C(=C/c1ccccc1)C(=O)OCC(=O)Nc1cccc(F)c1. The van der Waals surface area contributed by atoms with Gasteiger partial charge in [0, 0.05) is 12.6 Å². The Morgan fingerprint density at radius 2 is 1.81 bits per heavy atom. The van der Waals surface area contributed by atoms with Crippen molar-refractivity contribution in [2.24, 2.45) is 0 Å². The Morgan fingerprint density at radius 1 is 1.08 bits per heavy atom. The normalized spacial score (nSPS) is 10.8. The third kappa shape index (κ3) is 6.20. The topological polar surface area (TPSA) is 84.5 Å². The number of carbonyl (C=O) groups excluding carboxylic acids is 3. The van der Waals surface area contributed by atoms with E-state index in [0.717, 1.165) is 6.07 Å². The van der Waals surface area contributed by atoms with Crippen molar-refractivity contribution in [1.82, 2.24) is 5.32 Å². The Labute approximate surface area is 149 Å². The lowest BCUT2D eigenvalue weighted by atomic mass is 10.2. The van der Waals surface area contributed by atoms with Crippen molar-refractivity contribution in [3.63, 3.8) is 0 Å². The first-order valence-electron chi connectivity index (χ1n) is 7.71. The van der Waals surface area contributed by atoms with Gasteiger partial charge in [-0.25, -0.2) is 9.18 Å². The van der Waals surface area contributed by atoms with Gasteiger partial charge in [0.25, 0.3) is 5.91 Å². The summed E-state index contributed by atoms with van der Waals surface area (Å²) in [7, 11) is 0. The molecule has 0 radical (unpaired) electrons. The molecule has 26 heavy (non-hydrogen) atoms. The molecular weight excluding hydrogens is 339 g/mol. The minimum atomic E-state index is -0.863. The first-order chi connectivity index (χ1) is 12.4. The zero-order valence-electron chi connectivity index (χ0n) is 14.0. The van der Waals surface area contributed by atoms with E-state index in [0.29, 0.717) is 5.56 Å². The van der Waals surface area contributed by atoms with E-state index >= 15 is 0 Å².